The first kappa shape index (κ1) is 14.1. The molecule has 2 aromatic rings. The molecule has 1 N–H and O–H groups in total. The van der Waals surface area contributed by atoms with Gasteiger partial charge in [0.05, 0.1) is 6.10 Å². The van der Waals surface area contributed by atoms with Crippen LogP contribution in [-0.2, 0) is 6.42 Å². The molecule has 1 heteroatoms. The lowest BCUT2D eigenvalue weighted by atomic mass is 9.96. The molecule has 0 radical (unpaired) electrons. The molecule has 0 bridgehead atoms. The highest BCUT2D eigenvalue weighted by atomic mass is 16.3. The van der Waals surface area contributed by atoms with Gasteiger partial charge in [0.25, 0.3) is 0 Å². The maximum Gasteiger partial charge on any atom is 0.0580 e. The maximum absolute atomic E-state index is 10.2. The summed E-state index contributed by atoms with van der Waals surface area (Å²) in [5.41, 5.74) is 1.26. The third-order valence-corrected chi connectivity index (χ3v) is 3.65. The Labute approximate surface area is 116 Å². The van der Waals surface area contributed by atoms with Crippen molar-refractivity contribution < 1.29 is 5.11 Å². The zero-order chi connectivity index (χ0) is 13.7. The first-order valence-corrected chi connectivity index (χ1v) is 7.31. The van der Waals surface area contributed by atoms with Gasteiger partial charge in [-0.25, -0.2) is 0 Å². The smallest absolute Gasteiger partial charge is 0.0580 e. The van der Waals surface area contributed by atoms with E-state index in [0.29, 0.717) is 0 Å². The number of hydrogen-bond acceptors (Lipinski definition) is 1. The highest BCUT2D eigenvalue weighted by molar-refractivity contribution is 5.85. The van der Waals surface area contributed by atoms with Crippen molar-refractivity contribution in [3.63, 3.8) is 0 Å². The molecule has 0 aliphatic carbocycles. The first-order valence-electron chi connectivity index (χ1n) is 7.31. The molecule has 2 rings (SSSR count). The summed E-state index contributed by atoms with van der Waals surface area (Å²) in [5.74, 6) is 0.727. The Morgan fingerprint density at radius 3 is 2.47 bits per heavy atom. The van der Waals surface area contributed by atoms with Gasteiger partial charge in [-0.3, -0.25) is 0 Å². The summed E-state index contributed by atoms with van der Waals surface area (Å²) in [6.07, 6.45) is 3.77. The van der Waals surface area contributed by atoms with Gasteiger partial charge in [0.15, 0.2) is 0 Å². The quantitative estimate of drug-likeness (QED) is 0.802. The second kappa shape index (κ2) is 6.72. The third-order valence-electron chi connectivity index (χ3n) is 3.65. The maximum atomic E-state index is 10.2. The van der Waals surface area contributed by atoms with Gasteiger partial charge in [-0.15, -0.1) is 0 Å². The van der Waals surface area contributed by atoms with Crippen molar-refractivity contribution in [3.05, 3.63) is 48.0 Å². The van der Waals surface area contributed by atoms with Gasteiger partial charge < -0.3 is 5.11 Å². The van der Waals surface area contributed by atoms with E-state index >= 15 is 0 Å². The van der Waals surface area contributed by atoms with Crippen LogP contribution in [0.15, 0.2) is 42.5 Å². The van der Waals surface area contributed by atoms with E-state index in [1.165, 1.54) is 22.8 Å². The molecule has 0 heterocycles. The number of rotatable bonds is 6. The third kappa shape index (κ3) is 4.07. The van der Waals surface area contributed by atoms with E-state index in [9.17, 15) is 5.11 Å². The van der Waals surface area contributed by atoms with Crippen LogP contribution in [0.3, 0.4) is 0 Å². The van der Waals surface area contributed by atoms with Gasteiger partial charge in [-0.2, -0.15) is 0 Å². The molecule has 0 saturated heterocycles. The van der Waals surface area contributed by atoms with Crippen molar-refractivity contribution >= 4 is 10.8 Å². The van der Waals surface area contributed by atoms with Gasteiger partial charge in [0, 0.05) is 0 Å². The molecule has 0 aliphatic rings. The van der Waals surface area contributed by atoms with Crippen LogP contribution in [0.4, 0.5) is 0 Å². The minimum atomic E-state index is -0.218. The number of fused-ring (bicyclic) bond motifs is 1. The molecule has 0 saturated carbocycles. The fourth-order valence-electron chi connectivity index (χ4n) is 2.59. The van der Waals surface area contributed by atoms with Crippen molar-refractivity contribution in [3.8, 4) is 0 Å². The van der Waals surface area contributed by atoms with Crippen LogP contribution in [0.2, 0.25) is 0 Å². The zero-order valence-corrected chi connectivity index (χ0v) is 12.0. The minimum absolute atomic E-state index is 0.218. The number of hydrogen-bond donors (Lipinski definition) is 1. The zero-order valence-electron chi connectivity index (χ0n) is 12.0. The molecule has 0 amide bonds. The molecular weight excluding hydrogens is 232 g/mol. The fraction of sp³-hybridized carbons (Fsp3) is 0.444. The Balaban J connectivity index is 2.00. The van der Waals surface area contributed by atoms with Gasteiger partial charge in [-0.05, 0) is 35.1 Å². The Morgan fingerprint density at radius 2 is 1.68 bits per heavy atom. The Kier molecular flexibility index (Phi) is 4.98. The van der Waals surface area contributed by atoms with E-state index < -0.39 is 0 Å². The lowest BCUT2D eigenvalue weighted by Crippen LogP contribution is -2.11. The SMILES string of the molecule is CC(C)CCCC(O)Cc1cccc2ccccc12. The average molecular weight is 256 g/mol. The molecule has 0 fully saturated rings. The lowest BCUT2D eigenvalue weighted by molar-refractivity contribution is 0.160. The van der Waals surface area contributed by atoms with Crippen molar-refractivity contribution in [1.82, 2.24) is 0 Å². The van der Waals surface area contributed by atoms with Crippen LogP contribution in [-0.4, -0.2) is 11.2 Å². The van der Waals surface area contributed by atoms with Crippen LogP contribution in [0.25, 0.3) is 10.8 Å². The van der Waals surface area contributed by atoms with Gasteiger partial charge in [-0.1, -0.05) is 69.2 Å². The van der Waals surface area contributed by atoms with Gasteiger partial charge in [0.2, 0.25) is 0 Å². The summed E-state index contributed by atoms with van der Waals surface area (Å²) in [7, 11) is 0. The second-order valence-electron chi connectivity index (χ2n) is 5.82. The summed E-state index contributed by atoms with van der Waals surface area (Å²) in [6, 6.07) is 14.7. The second-order valence-corrected chi connectivity index (χ2v) is 5.82. The summed E-state index contributed by atoms with van der Waals surface area (Å²) < 4.78 is 0. The number of benzene rings is 2. The molecule has 1 unspecified atom stereocenters. The van der Waals surface area contributed by atoms with Crippen molar-refractivity contribution in [2.24, 2.45) is 5.92 Å². The molecule has 0 spiro atoms. The molecule has 19 heavy (non-hydrogen) atoms. The molecule has 102 valence electrons. The first-order chi connectivity index (χ1) is 9.16. The molecule has 1 nitrogen and oxygen atoms in total. The van der Waals surface area contributed by atoms with Crippen LogP contribution in [0, 0.1) is 5.92 Å². The van der Waals surface area contributed by atoms with E-state index in [0.717, 1.165) is 25.2 Å². The highest BCUT2D eigenvalue weighted by Crippen LogP contribution is 2.21. The monoisotopic (exact) mass is 256 g/mol. The minimum Gasteiger partial charge on any atom is -0.393 e. The average Bonchev–Trinajstić information content (AvgIpc) is 2.39. The Hall–Kier alpha value is -1.34. The predicted molar refractivity (Wildman–Crippen MR) is 82.3 cm³/mol. The van der Waals surface area contributed by atoms with E-state index in [1.54, 1.807) is 0 Å². The Morgan fingerprint density at radius 1 is 0.947 bits per heavy atom. The van der Waals surface area contributed by atoms with E-state index in [4.69, 9.17) is 0 Å². The Bertz CT molecular complexity index is 511. The van der Waals surface area contributed by atoms with Crippen LogP contribution in [0.1, 0.15) is 38.7 Å². The van der Waals surface area contributed by atoms with Crippen molar-refractivity contribution in [2.45, 2.75) is 45.6 Å². The lowest BCUT2D eigenvalue weighted by Gasteiger charge is -2.13. The molecular formula is C18H24O. The highest BCUT2D eigenvalue weighted by Gasteiger charge is 2.08. The predicted octanol–water partition coefficient (Wildman–Crippen LogP) is 4.57. The molecule has 0 aromatic heterocycles. The normalized spacial score (nSPS) is 13.1. The van der Waals surface area contributed by atoms with E-state index in [-0.39, 0.29) is 6.10 Å². The van der Waals surface area contributed by atoms with Crippen LogP contribution >= 0.6 is 0 Å². The van der Waals surface area contributed by atoms with Crippen molar-refractivity contribution in [2.75, 3.05) is 0 Å². The number of aliphatic hydroxyl groups excluding tert-OH is 1. The standard InChI is InChI=1S/C18H24O/c1-14(2)7-5-11-17(19)13-16-10-6-9-15-8-3-4-12-18(15)16/h3-4,6,8-10,12,14,17,19H,5,7,11,13H2,1-2H3. The molecule has 1 atom stereocenters. The van der Waals surface area contributed by atoms with Crippen molar-refractivity contribution in [1.29, 1.82) is 0 Å². The molecule has 0 aliphatic heterocycles. The van der Waals surface area contributed by atoms with E-state index in [2.05, 4.69) is 56.3 Å². The summed E-state index contributed by atoms with van der Waals surface area (Å²) in [6.45, 7) is 4.47. The van der Waals surface area contributed by atoms with E-state index in [1.807, 2.05) is 0 Å². The topological polar surface area (TPSA) is 20.2 Å². The largest absolute Gasteiger partial charge is 0.393 e. The summed E-state index contributed by atoms with van der Waals surface area (Å²) in [5, 5.41) is 12.7. The van der Waals surface area contributed by atoms with Crippen LogP contribution in [0.5, 0.6) is 0 Å². The molecule has 2 aromatic carbocycles. The summed E-state index contributed by atoms with van der Waals surface area (Å²) >= 11 is 0. The fourth-order valence-corrected chi connectivity index (χ4v) is 2.59. The van der Waals surface area contributed by atoms with Crippen LogP contribution < -0.4 is 0 Å². The summed E-state index contributed by atoms with van der Waals surface area (Å²) in [4.78, 5) is 0. The number of aliphatic hydroxyl groups is 1. The van der Waals surface area contributed by atoms with Gasteiger partial charge in [0.1, 0.15) is 0 Å². The van der Waals surface area contributed by atoms with Gasteiger partial charge >= 0.3 is 0 Å².